The second-order valence-corrected chi connectivity index (χ2v) is 8.12. The zero-order valence-electron chi connectivity index (χ0n) is 16.1. The second kappa shape index (κ2) is 8.22. The summed E-state index contributed by atoms with van der Waals surface area (Å²) in [5.41, 5.74) is 5.22. The molecule has 1 aliphatic carbocycles. The van der Waals surface area contributed by atoms with E-state index in [2.05, 4.69) is 18.2 Å². The summed E-state index contributed by atoms with van der Waals surface area (Å²) in [7, 11) is 1.48. The van der Waals surface area contributed by atoms with Gasteiger partial charge in [0, 0.05) is 10.6 Å². The van der Waals surface area contributed by atoms with E-state index in [-0.39, 0.29) is 0 Å². The Bertz CT molecular complexity index is 899. The first-order valence-electron chi connectivity index (χ1n) is 9.70. The van der Waals surface area contributed by atoms with E-state index < -0.39 is 37.1 Å². The van der Waals surface area contributed by atoms with Gasteiger partial charge in [0.25, 0.3) is 0 Å². The molecule has 0 bridgehead atoms. The molecule has 0 saturated carbocycles. The van der Waals surface area contributed by atoms with Crippen molar-refractivity contribution in [2.45, 2.75) is 49.8 Å². The monoisotopic (exact) mass is 420 g/mol. The molecule has 1 saturated heterocycles. The van der Waals surface area contributed by atoms with E-state index in [9.17, 15) is 20.4 Å². The van der Waals surface area contributed by atoms with E-state index in [1.807, 2.05) is 0 Å². The van der Waals surface area contributed by atoms with Crippen LogP contribution in [-0.2, 0) is 24.0 Å². The van der Waals surface area contributed by atoms with Crippen LogP contribution in [0.15, 0.2) is 30.3 Å². The Kier molecular flexibility index (Phi) is 5.84. The molecule has 4 rings (SSSR count). The SMILES string of the molecule is COc1cc(Cl)c(Cc2ccc3c(c2)CC3)cc1[C@@H]1O[C@H](CO)[C@@H](O)[C@H](O)[C@H]1O. The fraction of sp³-hybridized carbons (Fsp3) is 0.455. The third-order valence-corrected chi connectivity index (χ3v) is 6.28. The Labute approximate surface area is 174 Å². The molecule has 7 heteroatoms. The van der Waals surface area contributed by atoms with Gasteiger partial charge in [-0.25, -0.2) is 0 Å². The van der Waals surface area contributed by atoms with Crippen LogP contribution < -0.4 is 4.74 Å². The summed E-state index contributed by atoms with van der Waals surface area (Å²) in [4.78, 5) is 0. The summed E-state index contributed by atoms with van der Waals surface area (Å²) in [6.07, 6.45) is -3.40. The third-order valence-electron chi connectivity index (χ3n) is 5.93. The molecule has 5 atom stereocenters. The Morgan fingerprint density at radius 2 is 1.79 bits per heavy atom. The van der Waals surface area contributed by atoms with Gasteiger partial charge in [-0.05, 0) is 53.6 Å². The average Bonchev–Trinajstić information content (AvgIpc) is 2.70. The van der Waals surface area contributed by atoms with E-state index in [0.29, 0.717) is 22.8 Å². The van der Waals surface area contributed by atoms with Crippen LogP contribution >= 0.6 is 11.6 Å². The van der Waals surface area contributed by atoms with Crippen molar-refractivity contribution in [2.75, 3.05) is 13.7 Å². The highest BCUT2D eigenvalue weighted by Crippen LogP contribution is 2.40. The lowest BCUT2D eigenvalue weighted by Crippen LogP contribution is -2.55. The number of benzene rings is 2. The fourth-order valence-corrected chi connectivity index (χ4v) is 4.31. The molecule has 6 nitrogen and oxygen atoms in total. The second-order valence-electron chi connectivity index (χ2n) is 7.71. The summed E-state index contributed by atoms with van der Waals surface area (Å²) >= 11 is 6.49. The van der Waals surface area contributed by atoms with E-state index in [1.165, 1.54) is 18.2 Å². The highest BCUT2D eigenvalue weighted by molar-refractivity contribution is 6.31. The summed E-state index contributed by atoms with van der Waals surface area (Å²) in [5, 5.41) is 40.7. The number of ether oxygens (including phenoxy) is 2. The number of methoxy groups -OCH3 is 1. The van der Waals surface area contributed by atoms with Crippen molar-refractivity contribution in [1.82, 2.24) is 0 Å². The van der Waals surface area contributed by atoms with Gasteiger partial charge in [0.1, 0.15) is 36.3 Å². The predicted molar refractivity (Wildman–Crippen MR) is 107 cm³/mol. The van der Waals surface area contributed by atoms with Crippen LogP contribution in [0.1, 0.15) is 33.9 Å². The minimum Gasteiger partial charge on any atom is -0.496 e. The molecule has 29 heavy (non-hydrogen) atoms. The Hall–Kier alpha value is -1.67. The first kappa shape index (κ1) is 20.6. The van der Waals surface area contributed by atoms with Crippen molar-refractivity contribution >= 4 is 11.6 Å². The maximum absolute atomic E-state index is 10.5. The number of fused-ring (bicyclic) bond motifs is 1. The number of aliphatic hydroxyl groups is 4. The zero-order chi connectivity index (χ0) is 20.7. The Morgan fingerprint density at radius 1 is 1.03 bits per heavy atom. The van der Waals surface area contributed by atoms with Crippen molar-refractivity contribution in [3.8, 4) is 5.75 Å². The van der Waals surface area contributed by atoms with Crippen molar-refractivity contribution in [1.29, 1.82) is 0 Å². The molecule has 1 heterocycles. The number of aryl methyl sites for hydroxylation is 2. The van der Waals surface area contributed by atoms with Gasteiger partial charge in [-0.3, -0.25) is 0 Å². The van der Waals surface area contributed by atoms with Crippen molar-refractivity contribution in [2.24, 2.45) is 0 Å². The number of hydrogen-bond acceptors (Lipinski definition) is 6. The molecule has 156 valence electrons. The van der Waals surface area contributed by atoms with Gasteiger partial charge in [0.05, 0.1) is 13.7 Å². The van der Waals surface area contributed by atoms with Crippen molar-refractivity contribution in [3.63, 3.8) is 0 Å². The van der Waals surface area contributed by atoms with E-state index in [4.69, 9.17) is 21.1 Å². The minimum absolute atomic E-state index is 0.403. The van der Waals surface area contributed by atoms with Crippen LogP contribution in [0.25, 0.3) is 0 Å². The van der Waals surface area contributed by atoms with Crippen LogP contribution in [0.5, 0.6) is 5.75 Å². The molecule has 0 amide bonds. The van der Waals surface area contributed by atoms with E-state index in [1.54, 1.807) is 12.1 Å². The van der Waals surface area contributed by atoms with Crippen LogP contribution in [0.4, 0.5) is 0 Å². The Morgan fingerprint density at radius 3 is 2.41 bits per heavy atom. The molecule has 2 aliphatic rings. The molecule has 0 radical (unpaired) electrons. The third kappa shape index (κ3) is 3.77. The van der Waals surface area contributed by atoms with E-state index >= 15 is 0 Å². The predicted octanol–water partition coefficient (Wildman–Crippen LogP) is 1.55. The lowest BCUT2D eigenvalue weighted by Gasteiger charge is -2.40. The average molecular weight is 421 g/mol. The fourth-order valence-electron chi connectivity index (χ4n) is 4.09. The first-order chi connectivity index (χ1) is 13.9. The van der Waals surface area contributed by atoms with Gasteiger partial charge >= 0.3 is 0 Å². The highest BCUT2D eigenvalue weighted by Gasteiger charge is 2.45. The summed E-state index contributed by atoms with van der Waals surface area (Å²) in [6.45, 7) is -0.487. The standard InChI is InChI=1S/C22H25ClO6/c1-28-17-9-16(23)14(7-11-2-3-12-4-5-13(12)6-11)8-15(17)22-21(27)20(26)19(25)18(10-24)29-22/h2-3,6,8-9,18-22,24-27H,4-5,7,10H2,1H3/t18-,19-,20+,21-,22+/m1/s1. The van der Waals surface area contributed by atoms with Gasteiger partial charge < -0.3 is 29.9 Å². The van der Waals surface area contributed by atoms with Crippen LogP contribution in [0.2, 0.25) is 5.02 Å². The number of hydrogen-bond donors (Lipinski definition) is 4. The first-order valence-corrected chi connectivity index (χ1v) is 10.1. The minimum atomic E-state index is -1.46. The number of rotatable bonds is 5. The summed E-state index contributed by atoms with van der Waals surface area (Å²) in [5.74, 6) is 0.403. The number of aliphatic hydroxyl groups excluding tert-OH is 4. The summed E-state index contributed by atoms with van der Waals surface area (Å²) < 4.78 is 11.1. The Balaban J connectivity index is 1.68. The topological polar surface area (TPSA) is 99.4 Å². The lowest BCUT2D eigenvalue weighted by atomic mass is 9.86. The molecule has 1 fully saturated rings. The van der Waals surface area contributed by atoms with Crippen LogP contribution in [-0.4, -0.2) is 58.6 Å². The molecule has 2 aromatic rings. The van der Waals surface area contributed by atoms with Crippen molar-refractivity contribution < 1.29 is 29.9 Å². The smallest absolute Gasteiger partial charge is 0.126 e. The van der Waals surface area contributed by atoms with Gasteiger partial charge in [0.2, 0.25) is 0 Å². The lowest BCUT2D eigenvalue weighted by molar-refractivity contribution is -0.232. The quantitative estimate of drug-likeness (QED) is 0.585. The summed E-state index contributed by atoms with van der Waals surface area (Å²) in [6, 6.07) is 9.88. The maximum atomic E-state index is 10.5. The van der Waals surface area contributed by atoms with E-state index in [0.717, 1.165) is 24.0 Å². The van der Waals surface area contributed by atoms with Crippen LogP contribution in [0, 0.1) is 0 Å². The molecule has 0 spiro atoms. The van der Waals surface area contributed by atoms with Gasteiger partial charge in [-0.15, -0.1) is 0 Å². The van der Waals surface area contributed by atoms with Gasteiger partial charge in [-0.2, -0.15) is 0 Å². The van der Waals surface area contributed by atoms with Gasteiger partial charge in [-0.1, -0.05) is 29.8 Å². The highest BCUT2D eigenvalue weighted by atomic mass is 35.5. The number of halogens is 1. The van der Waals surface area contributed by atoms with Gasteiger partial charge in [0.15, 0.2) is 0 Å². The maximum Gasteiger partial charge on any atom is 0.126 e. The van der Waals surface area contributed by atoms with Crippen LogP contribution in [0.3, 0.4) is 0 Å². The molecule has 0 unspecified atom stereocenters. The molecular formula is C22H25ClO6. The zero-order valence-corrected chi connectivity index (χ0v) is 16.8. The normalized spacial score (nSPS) is 28.6. The molecule has 1 aliphatic heterocycles. The molecule has 0 aromatic heterocycles. The molecule has 2 aromatic carbocycles. The molecular weight excluding hydrogens is 396 g/mol. The molecule has 4 N–H and O–H groups in total. The largest absolute Gasteiger partial charge is 0.496 e. The van der Waals surface area contributed by atoms with Crippen molar-refractivity contribution in [3.05, 3.63) is 63.2 Å².